The van der Waals surface area contributed by atoms with Crippen LogP contribution in [0.5, 0.6) is 0 Å². The Morgan fingerprint density at radius 2 is 2.10 bits per heavy atom. The van der Waals surface area contributed by atoms with Gasteiger partial charge < -0.3 is 4.98 Å². The summed E-state index contributed by atoms with van der Waals surface area (Å²) in [5.41, 5.74) is 4.77. The number of nitrogens with zero attached hydrogens (tertiary/aromatic N) is 6. The van der Waals surface area contributed by atoms with Crippen LogP contribution in [-0.2, 0) is 19.0 Å². The highest BCUT2D eigenvalue weighted by Gasteiger charge is 2.32. The van der Waals surface area contributed by atoms with Crippen molar-refractivity contribution in [3.8, 4) is 0 Å². The first-order chi connectivity index (χ1) is 9.86. The minimum absolute atomic E-state index is 0.156. The summed E-state index contributed by atoms with van der Waals surface area (Å²) in [5.74, 6) is 1.90. The van der Waals surface area contributed by atoms with E-state index in [1.54, 1.807) is 22.2 Å². The van der Waals surface area contributed by atoms with Crippen molar-refractivity contribution in [2.75, 3.05) is 5.01 Å². The van der Waals surface area contributed by atoms with Gasteiger partial charge in [0, 0.05) is 12.5 Å². The van der Waals surface area contributed by atoms with E-state index < -0.39 is 0 Å². The molecular formula is C11H18N9O+. The number of nitrogens with two attached hydrogens (primary N) is 1. The van der Waals surface area contributed by atoms with Crippen molar-refractivity contribution in [2.24, 2.45) is 7.05 Å². The molecule has 4 N–H and O–H groups in total. The summed E-state index contributed by atoms with van der Waals surface area (Å²) in [7, 11) is 1.77. The Balaban J connectivity index is 1.99. The lowest BCUT2D eigenvalue weighted by Crippen LogP contribution is -2.88. The first-order valence-corrected chi connectivity index (χ1v) is 6.59. The van der Waals surface area contributed by atoms with Gasteiger partial charge in [0.05, 0.1) is 0 Å². The zero-order valence-corrected chi connectivity index (χ0v) is 12.4. The van der Waals surface area contributed by atoms with E-state index in [0.29, 0.717) is 29.7 Å². The van der Waals surface area contributed by atoms with Gasteiger partial charge in [-0.25, -0.2) is 20.1 Å². The number of aromatic amines is 1. The highest BCUT2D eigenvalue weighted by Crippen LogP contribution is 2.23. The van der Waals surface area contributed by atoms with Gasteiger partial charge in [0.1, 0.15) is 12.4 Å². The van der Waals surface area contributed by atoms with Gasteiger partial charge in [-0.15, -0.1) is 5.10 Å². The molecule has 0 radical (unpaired) electrons. The lowest BCUT2D eigenvalue weighted by Gasteiger charge is -2.18. The second-order valence-corrected chi connectivity index (χ2v) is 5.98. The van der Waals surface area contributed by atoms with Gasteiger partial charge in [0.25, 0.3) is 5.69 Å². The average Bonchev–Trinajstić information content (AvgIpc) is 2.97. The molecule has 21 heavy (non-hydrogen) atoms. The van der Waals surface area contributed by atoms with E-state index in [0.717, 1.165) is 0 Å². The number of aryl methyl sites for hydroxylation is 1. The lowest BCUT2D eigenvalue weighted by molar-refractivity contribution is -0.627. The number of hydrogen-bond donors (Lipinski definition) is 3. The fraction of sp³-hybridized carbons (Fsp3) is 0.545. The Hall–Kier alpha value is -2.33. The van der Waals surface area contributed by atoms with Gasteiger partial charge in [-0.1, -0.05) is 26.3 Å². The zero-order chi connectivity index (χ0) is 15.2. The number of anilines is 1. The SMILES string of the molecule is Cn1nnnc1CN1N[NH2+]c2c1nc(C(C)(C)C)[nH]c2=O. The van der Waals surface area contributed by atoms with Crippen molar-refractivity contribution in [1.29, 1.82) is 0 Å². The molecule has 0 bridgehead atoms. The van der Waals surface area contributed by atoms with E-state index in [-0.39, 0.29) is 11.0 Å². The van der Waals surface area contributed by atoms with E-state index >= 15 is 0 Å². The zero-order valence-electron chi connectivity index (χ0n) is 12.4. The summed E-state index contributed by atoms with van der Waals surface area (Å²) in [6, 6.07) is 0. The van der Waals surface area contributed by atoms with Crippen molar-refractivity contribution in [3.05, 3.63) is 22.0 Å². The quantitative estimate of drug-likeness (QED) is 0.560. The van der Waals surface area contributed by atoms with Crippen molar-refractivity contribution in [2.45, 2.75) is 32.7 Å². The molecule has 0 unspecified atom stereocenters. The molecule has 0 saturated carbocycles. The second kappa shape index (κ2) is 4.60. The van der Waals surface area contributed by atoms with Crippen LogP contribution in [0, 0.1) is 0 Å². The Labute approximate surface area is 120 Å². The number of quaternary nitrogens is 1. The van der Waals surface area contributed by atoms with Crippen LogP contribution in [0.4, 0.5) is 11.5 Å². The van der Waals surface area contributed by atoms with Crippen molar-refractivity contribution in [1.82, 2.24) is 35.7 Å². The number of H-pyrrole nitrogens is 1. The van der Waals surface area contributed by atoms with Gasteiger partial charge in [0.2, 0.25) is 5.82 Å². The number of nitrogens with one attached hydrogen (secondary N) is 2. The monoisotopic (exact) mass is 292 g/mol. The smallest absolute Gasteiger partial charge is 0.305 e. The number of tetrazole rings is 1. The number of hydrogen-bond acceptors (Lipinski definition) is 7. The van der Waals surface area contributed by atoms with Crippen LogP contribution in [0.15, 0.2) is 4.79 Å². The average molecular weight is 292 g/mol. The number of rotatable bonds is 2. The predicted octanol–water partition coefficient (Wildman–Crippen LogP) is -1.77. The Bertz CT molecular complexity index is 726. The molecule has 0 atom stereocenters. The Morgan fingerprint density at radius 3 is 2.71 bits per heavy atom. The predicted molar refractivity (Wildman–Crippen MR) is 73.3 cm³/mol. The maximum atomic E-state index is 12.2. The molecule has 0 aliphatic carbocycles. The molecule has 3 rings (SSSR count). The van der Waals surface area contributed by atoms with Crippen LogP contribution in [0.3, 0.4) is 0 Å². The summed E-state index contributed by atoms with van der Waals surface area (Å²) >= 11 is 0. The van der Waals surface area contributed by atoms with E-state index in [2.05, 4.69) is 31.0 Å². The number of hydrazine groups is 1. The molecule has 0 saturated heterocycles. The van der Waals surface area contributed by atoms with E-state index in [1.165, 1.54) is 0 Å². The minimum atomic E-state index is -0.241. The summed E-state index contributed by atoms with van der Waals surface area (Å²) in [4.78, 5) is 19.6. The first-order valence-electron chi connectivity index (χ1n) is 6.59. The number of fused-ring (bicyclic) bond motifs is 1. The summed E-state index contributed by atoms with van der Waals surface area (Å²) in [6.45, 7) is 6.41. The van der Waals surface area contributed by atoms with Crippen LogP contribution >= 0.6 is 0 Å². The third kappa shape index (κ3) is 2.38. The molecular weight excluding hydrogens is 274 g/mol. The summed E-state index contributed by atoms with van der Waals surface area (Å²) in [6.07, 6.45) is 0. The molecule has 3 heterocycles. The Kier molecular flexibility index (Phi) is 2.99. The third-order valence-corrected chi connectivity index (χ3v) is 3.27. The molecule has 0 aromatic carbocycles. The maximum Gasteiger partial charge on any atom is 0.316 e. The third-order valence-electron chi connectivity index (χ3n) is 3.27. The van der Waals surface area contributed by atoms with Gasteiger partial charge in [-0.2, -0.15) is 0 Å². The molecule has 0 amide bonds. The minimum Gasteiger partial charge on any atom is -0.305 e. The van der Waals surface area contributed by atoms with Crippen LogP contribution in [0.25, 0.3) is 0 Å². The molecule has 1 aliphatic rings. The first kappa shape index (κ1) is 13.6. The molecule has 10 nitrogen and oxygen atoms in total. The maximum absolute atomic E-state index is 12.2. The van der Waals surface area contributed by atoms with Crippen molar-refractivity contribution < 1.29 is 5.43 Å². The molecule has 112 valence electrons. The van der Waals surface area contributed by atoms with Gasteiger partial charge >= 0.3 is 5.56 Å². The fourth-order valence-corrected chi connectivity index (χ4v) is 2.01. The van der Waals surface area contributed by atoms with E-state index in [9.17, 15) is 4.79 Å². The highest BCUT2D eigenvalue weighted by molar-refractivity contribution is 5.56. The summed E-state index contributed by atoms with van der Waals surface area (Å²) in [5, 5.41) is 13.1. The lowest BCUT2D eigenvalue weighted by atomic mass is 9.96. The topological polar surface area (TPSA) is 121 Å². The normalized spacial score (nSPS) is 14.6. The van der Waals surface area contributed by atoms with Crippen molar-refractivity contribution in [3.63, 3.8) is 0 Å². The largest absolute Gasteiger partial charge is 0.316 e. The molecule has 0 fully saturated rings. The summed E-state index contributed by atoms with van der Waals surface area (Å²) < 4.78 is 1.58. The van der Waals surface area contributed by atoms with Crippen LogP contribution in [-0.4, -0.2) is 30.2 Å². The van der Waals surface area contributed by atoms with Crippen LogP contribution in [0.2, 0.25) is 0 Å². The van der Waals surface area contributed by atoms with Crippen LogP contribution < -0.4 is 21.5 Å². The van der Waals surface area contributed by atoms with Gasteiger partial charge in [0.15, 0.2) is 5.82 Å². The van der Waals surface area contributed by atoms with E-state index in [4.69, 9.17) is 0 Å². The highest BCUT2D eigenvalue weighted by atomic mass is 16.1. The molecule has 2 aromatic heterocycles. The second-order valence-electron chi connectivity index (χ2n) is 5.98. The number of aromatic nitrogens is 6. The van der Waals surface area contributed by atoms with Crippen molar-refractivity contribution >= 4 is 11.5 Å². The van der Waals surface area contributed by atoms with E-state index in [1.807, 2.05) is 20.8 Å². The van der Waals surface area contributed by atoms with Crippen LogP contribution in [0.1, 0.15) is 32.4 Å². The Morgan fingerprint density at radius 1 is 1.33 bits per heavy atom. The molecule has 10 heteroatoms. The molecule has 2 aromatic rings. The van der Waals surface area contributed by atoms with Gasteiger partial charge in [-0.3, -0.25) is 4.79 Å². The fourth-order valence-electron chi connectivity index (χ4n) is 2.01. The standard InChI is InChI=1S/C11H17N9O/c1-11(2,3)10-12-8-7(9(21)13-10)15-17-20(8)5-6-14-16-18-19(6)4/h15,17H,5H2,1-4H3,(H,12,13,21)/p+1. The molecule has 0 spiro atoms. The van der Waals surface area contributed by atoms with Gasteiger partial charge in [-0.05, 0) is 10.4 Å². The molecule has 1 aliphatic heterocycles.